The number of imidazole rings is 1. The van der Waals surface area contributed by atoms with Gasteiger partial charge >= 0.3 is 0 Å². The van der Waals surface area contributed by atoms with E-state index in [1.165, 1.54) is 24.3 Å². The smallest absolute Gasteiger partial charge is 0.290 e. The van der Waals surface area contributed by atoms with E-state index in [-0.39, 0.29) is 23.2 Å². The van der Waals surface area contributed by atoms with Gasteiger partial charge in [0.05, 0.1) is 5.52 Å². The second kappa shape index (κ2) is 8.00. The van der Waals surface area contributed by atoms with Crippen molar-refractivity contribution < 1.29 is 14.0 Å². The average molecular weight is 395 g/mol. The van der Waals surface area contributed by atoms with E-state index >= 15 is 0 Å². The molecule has 0 spiro atoms. The van der Waals surface area contributed by atoms with E-state index in [9.17, 15) is 14.0 Å². The van der Waals surface area contributed by atoms with Gasteiger partial charge in [-0.1, -0.05) is 13.0 Å². The van der Waals surface area contributed by atoms with Gasteiger partial charge < -0.3 is 15.1 Å². The van der Waals surface area contributed by atoms with Crippen LogP contribution in [0.2, 0.25) is 0 Å². The Hall–Kier alpha value is -3.26. The van der Waals surface area contributed by atoms with Gasteiger partial charge in [-0.05, 0) is 42.9 Å². The number of halogens is 1. The number of piperazine rings is 1. The Kier molecular flexibility index (Phi) is 5.26. The first-order chi connectivity index (χ1) is 14.1. The zero-order chi connectivity index (χ0) is 20.4. The van der Waals surface area contributed by atoms with E-state index in [0.717, 1.165) is 19.6 Å². The highest BCUT2D eigenvalue weighted by molar-refractivity contribution is 6.08. The minimum Gasteiger partial charge on any atom is -0.333 e. The van der Waals surface area contributed by atoms with Crippen molar-refractivity contribution in [3.63, 3.8) is 0 Å². The fraction of sp³-hybridized carbons (Fsp3) is 0.286. The molecule has 0 radical (unpaired) electrons. The lowest BCUT2D eigenvalue weighted by Crippen LogP contribution is -2.48. The quantitative estimate of drug-likeness (QED) is 0.737. The van der Waals surface area contributed by atoms with E-state index in [1.54, 1.807) is 33.7 Å². The number of hydrogen-bond donors (Lipinski definition) is 1. The number of carbonyl (C=O) groups excluding carboxylic acids is 2. The summed E-state index contributed by atoms with van der Waals surface area (Å²) < 4.78 is 14.7. The summed E-state index contributed by atoms with van der Waals surface area (Å²) in [7, 11) is 0. The molecule has 29 heavy (non-hydrogen) atoms. The highest BCUT2D eigenvalue weighted by atomic mass is 19.1. The van der Waals surface area contributed by atoms with Crippen LogP contribution in [0.5, 0.6) is 0 Å². The van der Waals surface area contributed by atoms with Crippen molar-refractivity contribution in [3.05, 3.63) is 66.0 Å². The first-order valence-electron chi connectivity index (χ1n) is 9.62. The van der Waals surface area contributed by atoms with Gasteiger partial charge in [0.25, 0.3) is 11.8 Å². The molecule has 1 saturated heterocycles. The van der Waals surface area contributed by atoms with Crippen LogP contribution in [0.1, 0.15) is 28.0 Å². The Bertz CT molecular complexity index is 1040. The number of pyridine rings is 1. The molecule has 150 valence electrons. The van der Waals surface area contributed by atoms with E-state index in [0.29, 0.717) is 24.3 Å². The number of benzene rings is 1. The number of likely N-dealkylation sites (N-methyl/N-ethyl adjacent to an activating group) is 1. The molecule has 3 aromatic rings. The molecule has 7 nitrogen and oxygen atoms in total. The molecule has 0 atom stereocenters. The zero-order valence-electron chi connectivity index (χ0n) is 16.1. The number of fused-ring (bicyclic) bond motifs is 1. The maximum atomic E-state index is 13.1. The van der Waals surface area contributed by atoms with Crippen molar-refractivity contribution in [1.82, 2.24) is 19.2 Å². The summed E-state index contributed by atoms with van der Waals surface area (Å²) >= 11 is 0. The summed E-state index contributed by atoms with van der Waals surface area (Å²) in [5.41, 5.74) is 1.16. The van der Waals surface area contributed by atoms with Crippen LogP contribution in [0.25, 0.3) is 5.52 Å². The number of nitrogens with zero attached hydrogens (tertiary/aromatic N) is 4. The average Bonchev–Trinajstić information content (AvgIpc) is 3.15. The molecular weight excluding hydrogens is 373 g/mol. The van der Waals surface area contributed by atoms with E-state index < -0.39 is 5.91 Å². The third-order valence-corrected chi connectivity index (χ3v) is 5.16. The van der Waals surface area contributed by atoms with E-state index in [1.807, 2.05) is 0 Å². The summed E-state index contributed by atoms with van der Waals surface area (Å²) in [5, 5.41) is 2.71. The molecule has 1 aromatic carbocycles. The standard InChI is InChI=1S/C21H22FN5O2/c1-2-25-11-13-26(14-12-25)21(29)19-24-18(17-5-3-4-10-27(17)19)20(28)23-16-8-6-15(22)7-9-16/h3-10H,2,11-14H2,1H3,(H,23,28). The number of rotatable bonds is 4. The van der Waals surface area contributed by atoms with Crippen LogP contribution >= 0.6 is 0 Å². The van der Waals surface area contributed by atoms with Gasteiger partial charge in [-0.3, -0.25) is 14.0 Å². The first kappa shape index (κ1) is 19.1. The van der Waals surface area contributed by atoms with Crippen molar-refractivity contribution >= 4 is 23.0 Å². The molecule has 8 heteroatoms. The minimum absolute atomic E-state index is 0.158. The maximum Gasteiger partial charge on any atom is 0.290 e. The molecule has 1 aliphatic rings. The van der Waals surface area contributed by atoms with Crippen LogP contribution < -0.4 is 5.32 Å². The largest absolute Gasteiger partial charge is 0.333 e. The van der Waals surface area contributed by atoms with E-state index in [2.05, 4.69) is 22.1 Å². The fourth-order valence-corrected chi connectivity index (χ4v) is 3.49. The molecule has 1 fully saturated rings. The number of hydrogen-bond acceptors (Lipinski definition) is 4. The molecule has 3 heterocycles. The maximum absolute atomic E-state index is 13.1. The fourth-order valence-electron chi connectivity index (χ4n) is 3.49. The molecule has 1 aliphatic heterocycles. The van der Waals surface area contributed by atoms with Crippen LogP contribution in [0, 0.1) is 5.82 Å². The summed E-state index contributed by atoms with van der Waals surface area (Å²) in [6, 6.07) is 10.8. The molecule has 2 aromatic heterocycles. The molecule has 0 bridgehead atoms. The number of amides is 2. The number of carbonyl (C=O) groups is 2. The highest BCUT2D eigenvalue weighted by Gasteiger charge is 2.27. The lowest BCUT2D eigenvalue weighted by Gasteiger charge is -2.33. The predicted molar refractivity (Wildman–Crippen MR) is 108 cm³/mol. The topological polar surface area (TPSA) is 69.9 Å². The number of aromatic nitrogens is 2. The third kappa shape index (κ3) is 3.84. The van der Waals surface area contributed by atoms with Gasteiger partial charge in [0.2, 0.25) is 5.82 Å². The second-order valence-corrected chi connectivity index (χ2v) is 6.93. The Morgan fingerprint density at radius 3 is 2.48 bits per heavy atom. The molecule has 0 aliphatic carbocycles. The lowest BCUT2D eigenvalue weighted by molar-refractivity contribution is 0.0630. The lowest BCUT2D eigenvalue weighted by atomic mass is 10.2. The monoisotopic (exact) mass is 395 g/mol. The van der Waals surface area contributed by atoms with E-state index in [4.69, 9.17) is 0 Å². The molecule has 0 saturated carbocycles. The first-order valence-corrected chi connectivity index (χ1v) is 9.62. The van der Waals surface area contributed by atoms with Crippen LogP contribution in [0.3, 0.4) is 0 Å². The van der Waals surface area contributed by atoms with Crippen LogP contribution in [-0.2, 0) is 0 Å². The van der Waals surface area contributed by atoms with Crippen molar-refractivity contribution in [3.8, 4) is 0 Å². The van der Waals surface area contributed by atoms with Crippen molar-refractivity contribution in [2.45, 2.75) is 6.92 Å². The second-order valence-electron chi connectivity index (χ2n) is 6.93. The van der Waals surface area contributed by atoms with Crippen LogP contribution in [0.15, 0.2) is 48.7 Å². The van der Waals surface area contributed by atoms with Crippen molar-refractivity contribution in [1.29, 1.82) is 0 Å². The summed E-state index contributed by atoms with van der Waals surface area (Å²) in [6.45, 7) is 5.97. The van der Waals surface area contributed by atoms with Gasteiger partial charge in [0, 0.05) is 38.1 Å². The summed E-state index contributed by atoms with van der Waals surface area (Å²) in [6.07, 6.45) is 1.73. The molecule has 0 unspecified atom stereocenters. The minimum atomic E-state index is -0.449. The van der Waals surface area contributed by atoms with Gasteiger partial charge in [0.1, 0.15) is 5.82 Å². The number of anilines is 1. The third-order valence-electron chi connectivity index (χ3n) is 5.16. The van der Waals surface area contributed by atoms with Crippen LogP contribution in [-0.4, -0.2) is 63.7 Å². The van der Waals surface area contributed by atoms with Crippen molar-refractivity contribution in [2.75, 3.05) is 38.0 Å². The van der Waals surface area contributed by atoms with Gasteiger partial charge in [-0.15, -0.1) is 0 Å². The Labute approximate surface area is 167 Å². The Balaban J connectivity index is 1.62. The summed E-state index contributed by atoms with van der Waals surface area (Å²) in [4.78, 5) is 34.3. The van der Waals surface area contributed by atoms with Crippen molar-refractivity contribution in [2.24, 2.45) is 0 Å². The molecule has 4 rings (SSSR count). The Morgan fingerprint density at radius 2 is 1.79 bits per heavy atom. The van der Waals surface area contributed by atoms with Gasteiger partial charge in [0.15, 0.2) is 5.69 Å². The van der Waals surface area contributed by atoms with Gasteiger partial charge in [-0.25, -0.2) is 9.37 Å². The van der Waals surface area contributed by atoms with Gasteiger partial charge in [-0.2, -0.15) is 0 Å². The SMILES string of the molecule is CCN1CCN(C(=O)c2nc(C(=O)Nc3ccc(F)cc3)c3ccccn23)CC1. The normalized spacial score (nSPS) is 14.9. The molecule has 2 amide bonds. The summed E-state index contributed by atoms with van der Waals surface area (Å²) in [5.74, 6) is -0.806. The predicted octanol–water partition coefficient (Wildman–Crippen LogP) is 2.50. The molecular formula is C21H22FN5O2. The molecule has 1 N–H and O–H groups in total. The van der Waals surface area contributed by atoms with Crippen LogP contribution in [0.4, 0.5) is 10.1 Å². The zero-order valence-corrected chi connectivity index (χ0v) is 16.1. The Morgan fingerprint density at radius 1 is 1.07 bits per heavy atom. The number of nitrogens with one attached hydrogen (secondary N) is 1. The highest BCUT2D eigenvalue weighted by Crippen LogP contribution is 2.18.